The largest absolute Gasteiger partial charge is 0.477 e. The van der Waals surface area contributed by atoms with Crippen LogP contribution in [-0.2, 0) is 16.0 Å². The predicted molar refractivity (Wildman–Crippen MR) is 85.2 cm³/mol. The zero-order valence-corrected chi connectivity index (χ0v) is 13.4. The molecule has 0 atom stereocenters. The van der Waals surface area contributed by atoms with Gasteiger partial charge < -0.3 is 5.11 Å². The van der Waals surface area contributed by atoms with Crippen LogP contribution < -0.4 is 0 Å². The smallest absolute Gasteiger partial charge is 0.348 e. The summed E-state index contributed by atoms with van der Waals surface area (Å²) in [7, 11) is 0. The summed E-state index contributed by atoms with van der Waals surface area (Å²) >= 11 is 8.50. The number of aliphatic carboxylic acids is 1. The highest BCUT2D eigenvalue weighted by Crippen LogP contribution is 2.19. The molecule has 1 aromatic rings. The van der Waals surface area contributed by atoms with Crippen LogP contribution in [0.2, 0.25) is 0 Å². The Labute approximate surface area is 130 Å². The van der Waals surface area contributed by atoms with Gasteiger partial charge in [0.2, 0.25) is 0 Å². The minimum atomic E-state index is -1.35. The molecule has 1 N–H and O–H groups in total. The van der Waals surface area contributed by atoms with Gasteiger partial charge in [-0.25, -0.2) is 4.79 Å². The van der Waals surface area contributed by atoms with Crippen molar-refractivity contribution in [2.45, 2.75) is 27.2 Å². The summed E-state index contributed by atoms with van der Waals surface area (Å²) < 4.78 is 0. The van der Waals surface area contributed by atoms with E-state index in [0.717, 1.165) is 6.42 Å². The summed E-state index contributed by atoms with van der Waals surface area (Å²) in [6.07, 6.45) is 1.42. The lowest BCUT2D eigenvalue weighted by atomic mass is 9.88. The summed E-state index contributed by atoms with van der Waals surface area (Å²) in [4.78, 5) is 19.4. The van der Waals surface area contributed by atoms with E-state index in [2.05, 4.69) is 63.7 Å². The molecule has 1 rings (SSSR count). The van der Waals surface area contributed by atoms with Crippen molar-refractivity contribution in [2.24, 2.45) is 5.41 Å². The first-order valence-electron chi connectivity index (χ1n) is 5.98. The minimum Gasteiger partial charge on any atom is -0.477 e. The number of carboxylic acid groups (broad SMARTS) is 1. The van der Waals surface area contributed by atoms with Crippen LogP contribution in [0, 0.1) is 5.41 Å². The van der Waals surface area contributed by atoms with Gasteiger partial charge in [0, 0.05) is 0 Å². The van der Waals surface area contributed by atoms with Gasteiger partial charge in [-0.2, -0.15) is 0 Å². The van der Waals surface area contributed by atoms with Crippen LogP contribution in [0.5, 0.6) is 0 Å². The molecule has 0 aliphatic rings. The Hall–Kier alpha value is -1.26. The second-order valence-corrected chi connectivity index (χ2v) is 6.21. The van der Waals surface area contributed by atoms with Crippen molar-refractivity contribution in [3.8, 4) is 0 Å². The number of carboxylic acids is 1. The Kier molecular flexibility index (Phi) is 8.26. The summed E-state index contributed by atoms with van der Waals surface area (Å²) in [6, 6.07) is 10.6. The van der Waals surface area contributed by atoms with Crippen LogP contribution in [0.3, 0.4) is 0 Å². The standard InChI is InChI=1S/C11H16.C4H3ClO3S/c1-11(2,3)9-10-7-5-4-6-8-10;5-3(4(7)8)2(9)1-6/h4-8H,9H2,1-3H3;1,9H,(H,7,8). The minimum absolute atomic E-state index is 0.263. The van der Waals surface area contributed by atoms with Crippen molar-refractivity contribution in [3.05, 3.63) is 45.8 Å². The quantitative estimate of drug-likeness (QED) is 0.505. The number of halogens is 1. The van der Waals surface area contributed by atoms with Gasteiger partial charge in [-0.15, -0.1) is 12.6 Å². The van der Waals surface area contributed by atoms with Crippen LogP contribution >= 0.6 is 24.2 Å². The molecule has 0 heterocycles. The number of rotatable bonds is 3. The van der Waals surface area contributed by atoms with Crippen LogP contribution in [0.25, 0.3) is 0 Å². The maximum absolute atomic E-state index is 9.90. The van der Waals surface area contributed by atoms with Crippen LogP contribution in [0.15, 0.2) is 40.3 Å². The SMILES string of the molecule is CC(C)(C)Cc1ccccc1.O=CC(S)=C(Cl)C(=O)O. The molecule has 0 bridgehead atoms. The number of hydrogen-bond acceptors (Lipinski definition) is 3. The molecule has 5 heteroatoms. The molecule has 110 valence electrons. The molecule has 20 heavy (non-hydrogen) atoms. The molecule has 0 fully saturated rings. The maximum Gasteiger partial charge on any atom is 0.348 e. The fraction of sp³-hybridized carbons (Fsp3) is 0.333. The van der Waals surface area contributed by atoms with E-state index >= 15 is 0 Å². The number of aldehydes is 1. The van der Waals surface area contributed by atoms with Crippen LogP contribution in [-0.4, -0.2) is 17.4 Å². The van der Waals surface area contributed by atoms with E-state index in [0.29, 0.717) is 5.41 Å². The second-order valence-electron chi connectivity index (χ2n) is 5.35. The van der Waals surface area contributed by atoms with Gasteiger partial charge in [-0.3, -0.25) is 4.79 Å². The molecule has 0 aliphatic carbocycles. The first-order chi connectivity index (χ1) is 9.17. The average molecular weight is 315 g/mol. The fourth-order valence-electron chi connectivity index (χ4n) is 1.37. The number of carbonyl (C=O) groups is 2. The molecule has 0 aromatic heterocycles. The molecule has 0 unspecified atom stereocenters. The fourth-order valence-corrected chi connectivity index (χ4v) is 1.51. The van der Waals surface area contributed by atoms with E-state index in [4.69, 9.17) is 16.7 Å². The number of carbonyl (C=O) groups excluding carboxylic acids is 1. The third kappa shape index (κ3) is 8.77. The Morgan fingerprint density at radius 2 is 1.80 bits per heavy atom. The second kappa shape index (κ2) is 8.82. The van der Waals surface area contributed by atoms with Gasteiger partial charge in [0.15, 0.2) is 6.29 Å². The normalized spacial score (nSPS) is 11.8. The van der Waals surface area contributed by atoms with E-state index in [9.17, 15) is 9.59 Å². The Balaban J connectivity index is 0.000000370. The van der Waals surface area contributed by atoms with E-state index in [1.165, 1.54) is 5.56 Å². The zero-order chi connectivity index (χ0) is 15.8. The van der Waals surface area contributed by atoms with Gasteiger partial charge in [0.25, 0.3) is 0 Å². The molecule has 0 spiro atoms. The van der Waals surface area contributed by atoms with Crippen molar-refractivity contribution in [3.63, 3.8) is 0 Å². The number of thiol groups is 1. The topological polar surface area (TPSA) is 54.4 Å². The molecule has 0 saturated carbocycles. The van der Waals surface area contributed by atoms with Gasteiger partial charge in [0.1, 0.15) is 5.03 Å². The molecule has 0 saturated heterocycles. The molecule has 0 amide bonds. The molecular weight excluding hydrogens is 296 g/mol. The highest BCUT2D eigenvalue weighted by molar-refractivity contribution is 7.85. The summed E-state index contributed by atoms with van der Waals surface area (Å²) in [6.45, 7) is 6.79. The predicted octanol–water partition coefficient (Wildman–Crippen LogP) is 3.93. The summed E-state index contributed by atoms with van der Waals surface area (Å²) in [5.74, 6) is -1.35. The van der Waals surface area contributed by atoms with E-state index < -0.39 is 11.0 Å². The number of allylic oxidation sites excluding steroid dienone is 1. The van der Waals surface area contributed by atoms with Crippen molar-refractivity contribution in [1.29, 1.82) is 0 Å². The lowest BCUT2D eigenvalue weighted by Gasteiger charge is -2.17. The lowest BCUT2D eigenvalue weighted by Crippen LogP contribution is -2.08. The summed E-state index contributed by atoms with van der Waals surface area (Å²) in [5, 5.41) is 7.52. The molecule has 3 nitrogen and oxygen atoms in total. The van der Waals surface area contributed by atoms with Gasteiger partial charge in [0.05, 0.1) is 4.91 Å². The van der Waals surface area contributed by atoms with Crippen LogP contribution in [0.1, 0.15) is 26.3 Å². The first-order valence-corrected chi connectivity index (χ1v) is 6.81. The molecule has 0 radical (unpaired) electrons. The Morgan fingerprint density at radius 1 is 1.30 bits per heavy atom. The highest BCUT2D eigenvalue weighted by atomic mass is 35.5. The number of benzene rings is 1. The van der Waals surface area contributed by atoms with Gasteiger partial charge in [-0.1, -0.05) is 62.7 Å². The maximum atomic E-state index is 9.90. The summed E-state index contributed by atoms with van der Waals surface area (Å²) in [5.41, 5.74) is 1.83. The molecular formula is C15H19ClO3S. The zero-order valence-electron chi connectivity index (χ0n) is 11.8. The monoisotopic (exact) mass is 314 g/mol. The van der Waals surface area contributed by atoms with E-state index in [1.807, 2.05) is 0 Å². The average Bonchev–Trinajstić information content (AvgIpc) is 2.36. The Bertz CT molecular complexity index is 476. The van der Waals surface area contributed by atoms with Crippen molar-refractivity contribution in [2.75, 3.05) is 0 Å². The highest BCUT2D eigenvalue weighted by Gasteiger charge is 2.10. The molecule has 0 aliphatic heterocycles. The Morgan fingerprint density at radius 3 is 2.10 bits per heavy atom. The van der Waals surface area contributed by atoms with Crippen molar-refractivity contribution in [1.82, 2.24) is 0 Å². The number of hydrogen-bond donors (Lipinski definition) is 2. The van der Waals surface area contributed by atoms with E-state index in [1.54, 1.807) is 0 Å². The van der Waals surface area contributed by atoms with Crippen molar-refractivity contribution >= 4 is 36.5 Å². The van der Waals surface area contributed by atoms with Crippen LogP contribution in [0.4, 0.5) is 0 Å². The first kappa shape index (κ1) is 18.7. The van der Waals surface area contributed by atoms with Gasteiger partial charge >= 0.3 is 5.97 Å². The third-order valence-electron chi connectivity index (χ3n) is 2.10. The van der Waals surface area contributed by atoms with Crippen molar-refractivity contribution < 1.29 is 14.7 Å². The third-order valence-corrected chi connectivity index (χ3v) is 2.93. The van der Waals surface area contributed by atoms with Gasteiger partial charge in [-0.05, 0) is 17.4 Å². The lowest BCUT2D eigenvalue weighted by molar-refractivity contribution is -0.132. The van der Waals surface area contributed by atoms with E-state index in [-0.39, 0.29) is 11.2 Å². The molecule has 1 aromatic carbocycles.